The predicted octanol–water partition coefficient (Wildman–Crippen LogP) is -8.50. The maximum absolute atomic E-state index is 4.53. The zero-order chi connectivity index (χ0) is 24.0. The normalized spacial score (nSPS) is 9.16. The van der Waals surface area contributed by atoms with Gasteiger partial charge in [-0.05, 0) is 74.5 Å². The summed E-state index contributed by atoms with van der Waals surface area (Å²) in [4.78, 5) is 23.0. The number of pyridine rings is 4. The fourth-order valence-corrected chi connectivity index (χ4v) is 4.16. The summed E-state index contributed by atoms with van der Waals surface area (Å²) in [6, 6.07) is 24.5. The summed E-state index contributed by atoms with van der Waals surface area (Å²) in [5.41, 5.74) is 4.39. The summed E-state index contributed by atoms with van der Waals surface area (Å²) in [5.74, 6) is 0. The van der Waals surface area contributed by atoms with Crippen molar-refractivity contribution >= 4 is 0 Å². The van der Waals surface area contributed by atoms with Gasteiger partial charge in [-0.3, -0.25) is 29.7 Å². The summed E-state index contributed by atoms with van der Waals surface area (Å²) in [5, 5.41) is 0. The van der Waals surface area contributed by atoms with Gasteiger partial charge in [0.25, 0.3) is 0 Å². The molecule has 4 rings (SSSR count). The molecule has 0 aliphatic rings. The minimum atomic E-state index is 0. The quantitative estimate of drug-likeness (QED) is 0.0929. The van der Waals surface area contributed by atoms with Crippen LogP contribution in [0, 0.1) is 0 Å². The molecular formula is C29H38Cl4Cu2N6O2. The van der Waals surface area contributed by atoms with E-state index in [2.05, 4.69) is 78.3 Å². The monoisotopic (exact) mass is 768 g/mol. The molecule has 0 amide bonds. The van der Waals surface area contributed by atoms with Crippen molar-refractivity contribution in [3.05, 3.63) is 120 Å². The predicted molar refractivity (Wildman–Crippen MR) is 146 cm³/mol. The van der Waals surface area contributed by atoms with E-state index >= 15 is 0 Å². The number of hydrogen-bond donors (Lipinski definition) is 0. The van der Waals surface area contributed by atoms with Crippen molar-refractivity contribution in [1.82, 2.24) is 29.7 Å². The van der Waals surface area contributed by atoms with Crippen molar-refractivity contribution in [2.24, 2.45) is 0 Å². The van der Waals surface area contributed by atoms with Crippen molar-refractivity contribution in [2.45, 2.75) is 45.4 Å². The SMILES string of the molecule is O.O.[Cl-].[Cl-].[Cl-].[Cl-].[Cu+2].[Cu+2].c1ccc(CN(CCCCCN(Cc2ccccn2)Cc2ccccn2)Cc2ccccn2)nc1. The average molecular weight is 772 g/mol. The van der Waals surface area contributed by atoms with Crippen LogP contribution in [0.5, 0.6) is 0 Å². The molecule has 0 spiro atoms. The number of rotatable bonds is 14. The Bertz CT molecular complexity index is 947. The number of halogens is 4. The van der Waals surface area contributed by atoms with E-state index in [1.807, 2.05) is 49.1 Å². The molecule has 0 saturated heterocycles. The van der Waals surface area contributed by atoms with Gasteiger partial charge in [-0.2, -0.15) is 0 Å². The summed E-state index contributed by atoms with van der Waals surface area (Å²) in [7, 11) is 0. The van der Waals surface area contributed by atoms with Gasteiger partial charge in [-0.1, -0.05) is 30.7 Å². The van der Waals surface area contributed by atoms with Crippen LogP contribution in [-0.2, 0) is 60.3 Å². The van der Waals surface area contributed by atoms with Crippen LogP contribution in [0.1, 0.15) is 42.0 Å². The van der Waals surface area contributed by atoms with Gasteiger partial charge in [0.15, 0.2) is 0 Å². The van der Waals surface area contributed by atoms with Crippen LogP contribution in [0.2, 0.25) is 0 Å². The molecule has 0 saturated carbocycles. The third-order valence-electron chi connectivity index (χ3n) is 5.90. The smallest absolute Gasteiger partial charge is 1.00 e. The van der Waals surface area contributed by atoms with Gasteiger partial charge in [-0.15, -0.1) is 0 Å². The number of unbranched alkanes of at least 4 members (excludes halogenated alkanes) is 2. The first kappa shape index (κ1) is 51.2. The van der Waals surface area contributed by atoms with E-state index < -0.39 is 0 Å². The molecule has 4 heterocycles. The van der Waals surface area contributed by atoms with Crippen molar-refractivity contribution in [3.63, 3.8) is 0 Å². The van der Waals surface area contributed by atoms with Crippen LogP contribution < -0.4 is 49.6 Å². The molecular weight excluding hydrogens is 733 g/mol. The van der Waals surface area contributed by atoms with Gasteiger partial charge in [0, 0.05) is 51.0 Å². The van der Waals surface area contributed by atoms with E-state index in [1.54, 1.807) is 0 Å². The fourth-order valence-electron chi connectivity index (χ4n) is 4.16. The van der Waals surface area contributed by atoms with Gasteiger partial charge in [0.05, 0.1) is 22.8 Å². The molecule has 0 fully saturated rings. The third-order valence-corrected chi connectivity index (χ3v) is 5.90. The average Bonchev–Trinajstić information content (AvgIpc) is 2.91. The van der Waals surface area contributed by atoms with Crippen LogP contribution in [0.4, 0.5) is 0 Å². The zero-order valence-electron chi connectivity index (χ0n) is 23.4. The van der Waals surface area contributed by atoms with E-state index in [0.717, 1.165) is 74.9 Å². The summed E-state index contributed by atoms with van der Waals surface area (Å²) in [6.07, 6.45) is 10.9. The van der Waals surface area contributed by atoms with E-state index in [-0.39, 0.29) is 94.7 Å². The minimum absolute atomic E-state index is 0. The second kappa shape index (κ2) is 30.7. The first-order valence-electron chi connectivity index (χ1n) is 12.4. The molecule has 14 heteroatoms. The summed E-state index contributed by atoms with van der Waals surface area (Å²) < 4.78 is 0. The van der Waals surface area contributed by atoms with E-state index in [1.165, 1.54) is 6.42 Å². The Morgan fingerprint density at radius 2 is 0.651 bits per heavy atom. The van der Waals surface area contributed by atoms with E-state index in [4.69, 9.17) is 0 Å². The van der Waals surface area contributed by atoms with Crippen LogP contribution in [0.15, 0.2) is 97.6 Å². The first-order valence-corrected chi connectivity index (χ1v) is 12.4. The third kappa shape index (κ3) is 20.3. The second-order valence-electron chi connectivity index (χ2n) is 8.77. The van der Waals surface area contributed by atoms with Gasteiger partial charge in [0.2, 0.25) is 0 Å². The van der Waals surface area contributed by atoms with E-state index in [9.17, 15) is 0 Å². The van der Waals surface area contributed by atoms with Gasteiger partial charge >= 0.3 is 34.1 Å². The molecule has 4 aromatic rings. The van der Waals surface area contributed by atoms with Crippen molar-refractivity contribution in [3.8, 4) is 0 Å². The Kier molecular flexibility index (Phi) is 36.5. The van der Waals surface area contributed by atoms with Crippen molar-refractivity contribution < 1.29 is 94.7 Å². The van der Waals surface area contributed by atoms with Gasteiger partial charge in [-0.25, -0.2) is 0 Å². The van der Waals surface area contributed by atoms with Crippen LogP contribution >= 0.6 is 0 Å². The molecule has 0 bridgehead atoms. The van der Waals surface area contributed by atoms with Gasteiger partial charge < -0.3 is 60.6 Å². The van der Waals surface area contributed by atoms with Crippen LogP contribution in [0.25, 0.3) is 0 Å². The maximum atomic E-state index is 4.53. The Balaban J connectivity index is -0.000000602. The Labute approximate surface area is 301 Å². The van der Waals surface area contributed by atoms with Crippen molar-refractivity contribution in [2.75, 3.05) is 13.1 Å². The first-order chi connectivity index (χ1) is 17.3. The topological polar surface area (TPSA) is 121 Å². The molecule has 246 valence electrons. The summed E-state index contributed by atoms with van der Waals surface area (Å²) in [6.45, 7) is 5.39. The standard InChI is InChI=1S/C29H34N6.4ClH.2Cu.2H2O/c1(10-20-34(22-26-12-2-6-16-30-26)23-27-13-3-7-17-31-27)11-21-35(24-28-14-4-8-18-32-28)25-29-15-5-9-19-33-29;;;;;;;;/h2-9,12-19H,1,10-11,20-25H2;4*1H;;;2*1H2/q;;;;;2*+2;;/p-4. The van der Waals surface area contributed by atoms with Crippen LogP contribution in [0.3, 0.4) is 0 Å². The molecule has 0 unspecified atom stereocenters. The van der Waals surface area contributed by atoms with Gasteiger partial charge in [0.1, 0.15) is 0 Å². The summed E-state index contributed by atoms with van der Waals surface area (Å²) >= 11 is 0. The second-order valence-corrected chi connectivity index (χ2v) is 8.77. The Morgan fingerprint density at radius 1 is 0.395 bits per heavy atom. The van der Waals surface area contributed by atoms with Crippen LogP contribution in [-0.4, -0.2) is 53.8 Å². The number of nitrogens with zero attached hydrogens (tertiary/aromatic N) is 6. The molecule has 0 atom stereocenters. The molecule has 4 N–H and O–H groups in total. The Hall–Kier alpha value is -1.36. The minimum Gasteiger partial charge on any atom is -1.00 e. The molecule has 0 aromatic carbocycles. The fraction of sp³-hybridized carbons (Fsp3) is 0.310. The molecule has 43 heavy (non-hydrogen) atoms. The Morgan fingerprint density at radius 3 is 0.860 bits per heavy atom. The zero-order valence-corrected chi connectivity index (χ0v) is 28.3. The van der Waals surface area contributed by atoms with E-state index in [0.29, 0.717) is 0 Å². The molecule has 0 aliphatic carbocycles. The molecule has 4 aromatic heterocycles. The maximum Gasteiger partial charge on any atom is 2.00 e. The van der Waals surface area contributed by atoms with Crippen molar-refractivity contribution in [1.29, 1.82) is 0 Å². The largest absolute Gasteiger partial charge is 2.00 e. The molecule has 0 aliphatic heterocycles. The number of hydrogen-bond acceptors (Lipinski definition) is 6. The molecule has 8 nitrogen and oxygen atoms in total. The molecule has 2 radical (unpaired) electrons. The number of aromatic nitrogens is 4.